The molecule has 1 aliphatic heterocycles. The van der Waals surface area contributed by atoms with Crippen LogP contribution in [0.4, 0.5) is 5.69 Å². The Kier molecular flexibility index (Phi) is 4.57. The van der Waals surface area contributed by atoms with Crippen molar-refractivity contribution in [3.05, 3.63) is 58.1 Å². The maximum atomic E-state index is 5.55. The lowest BCUT2D eigenvalue weighted by molar-refractivity contribution is 0.322. The highest BCUT2D eigenvalue weighted by molar-refractivity contribution is 9.10. The largest absolute Gasteiger partial charge is 0.493 e. The molecule has 3 atom stereocenters. The van der Waals surface area contributed by atoms with E-state index in [9.17, 15) is 0 Å². The smallest absolute Gasteiger partial charge is 0.203 e. The monoisotopic (exact) mass is 415 g/mol. The lowest BCUT2D eigenvalue weighted by Crippen LogP contribution is -2.29. The van der Waals surface area contributed by atoms with Gasteiger partial charge in [0.15, 0.2) is 11.5 Å². The Bertz CT molecular complexity index is 839. The normalized spacial score (nSPS) is 23.0. The summed E-state index contributed by atoms with van der Waals surface area (Å²) in [5.74, 6) is 2.87. The molecule has 1 N–H and O–H groups in total. The second-order valence-corrected chi connectivity index (χ2v) is 7.58. The third-order valence-electron chi connectivity index (χ3n) is 5.37. The molecule has 0 amide bonds. The number of benzene rings is 2. The molecule has 3 unspecified atom stereocenters. The van der Waals surface area contributed by atoms with Crippen LogP contribution in [-0.2, 0) is 0 Å². The first-order valence-corrected chi connectivity index (χ1v) is 9.48. The summed E-state index contributed by atoms with van der Waals surface area (Å²) in [6.45, 7) is 0. The van der Waals surface area contributed by atoms with Crippen molar-refractivity contribution in [2.24, 2.45) is 5.92 Å². The molecule has 2 aromatic rings. The molecule has 26 heavy (non-hydrogen) atoms. The highest BCUT2D eigenvalue weighted by Crippen LogP contribution is 2.52. The Balaban J connectivity index is 1.80. The summed E-state index contributed by atoms with van der Waals surface area (Å²) in [6.07, 6.45) is 5.67. The molecule has 0 saturated carbocycles. The number of nitrogens with one attached hydrogen (secondary N) is 1. The number of halogens is 1. The number of fused-ring (bicyclic) bond motifs is 3. The number of methoxy groups -OCH3 is 3. The van der Waals surface area contributed by atoms with Gasteiger partial charge < -0.3 is 19.5 Å². The summed E-state index contributed by atoms with van der Waals surface area (Å²) >= 11 is 3.60. The number of hydrogen-bond donors (Lipinski definition) is 1. The Morgan fingerprint density at radius 3 is 2.38 bits per heavy atom. The molecule has 5 heteroatoms. The third-order valence-corrected chi connectivity index (χ3v) is 5.86. The van der Waals surface area contributed by atoms with Crippen molar-refractivity contribution in [1.29, 1.82) is 0 Å². The minimum absolute atomic E-state index is 0.178. The summed E-state index contributed by atoms with van der Waals surface area (Å²) in [5.41, 5.74) is 3.67. The van der Waals surface area contributed by atoms with Crippen LogP contribution in [0.25, 0.3) is 0 Å². The fraction of sp³-hybridized carbons (Fsp3) is 0.333. The minimum atomic E-state index is 0.178. The molecule has 0 bridgehead atoms. The van der Waals surface area contributed by atoms with Crippen molar-refractivity contribution >= 4 is 21.6 Å². The SMILES string of the molecule is COc1cc(C2Nc3ccc(Br)cc3C3C=CCC32)cc(OC)c1OC. The van der Waals surface area contributed by atoms with Gasteiger partial charge in [0.05, 0.1) is 27.4 Å². The molecule has 4 rings (SSSR count). The van der Waals surface area contributed by atoms with E-state index in [1.54, 1.807) is 21.3 Å². The van der Waals surface area contributed by atoms with Crippen molar-refractivity contribution in [3.63, 3.8) is 0 Å². The first-order chi connectivity index (χ1) is 12.7. The number of ether oxygens (including phenoxy) is 3. The van der Waals surface area contributed by atoms with Gasteiger partial charge in [-0.3, -0.25) is 0 Å². The second kappa shape index (κ2) is 6.88. The number of allylic oxidation sites excluding steroid dienone is 2. The molecule has 2 aliphatic rings. The standard InChI is InChI=1S/C21H22BrNO3/c1-24-18-9-12(10-19(25-2)21(18)26-3)20-15-6-4-5-14(15)16-11-13(22)7-8-17(16)23-20/h4-5,7-11,14-15,20,23H,6H2,1-3H3. The van der Waals surface area contributed by atoms with Gasteiger partial charge in [0, 0.05) is 16.1 Å². The number of rotatable bonds is 4. The van der Waals surface area contributed by atoms with Gasteiger partial charge in [-0.15, -0.1) is 0 Å². The molecule has 1 aliphatic carbocycles. The van der Waals surface area contributed by atoms with E-state index < -0.39 is 0 Å². The Labute approximate surface area is 162 Å². The predicted octanol–water partition coefficient (Wildman–Crippen LogP) is 5.30. The maximum Gasteiger partial charge on any atom is 0.203 e. The summed E-state index contributed by atoms with van der Waals surface area (Å²) < 4.78 is 17.7. The fourth-order valence-corrected chi connectivity index (χ4v) is 4.55. The van der Waals surface area contributed by atoms with Crippen LogP contribution in [-0.4, -0.2) is 21.3 Å². The van der Waals surface area contributed by atoms with Crippen molar-refractivity contribution < 1.29 is 14.2 Å². The Hall–Kier alpha value is -2.14. The summed E-state index contributed by atoms with van der Waals surface area (Å²) in [6, 6.07) is 10.7. The van der Waals surface area contributed by atoms with E-state index in [2.05, 4.69) is 63.7 Å². The quantitative estimate of drug-likeness (QED) is 0.687. The van der Waals surface area contributed by atoms with Crippen LogP contribution < -0.4 is 19.5 Å². The van der Waals surface area contributed by atoms with E-state index in [1.165, 1.54) is 11.3 Å². The van der Waals surface area contributed by atoms with Crippen LogP contribution in [0.5, 0.6) is 17.2 Å². The van der Waals surface area contributed by atoms with Gasteiger partial charge in [-0.05, 0) is 53.8 Å². The van der Waals surface area contributed by atoms with Crippen LogP contribution >= 0.6 is 15.9 Å². The second-order valence-electron chi connectivity index (χ2n) is 6.67. The Morgan fingerprint density at radius 2 is 1.73 bits per heavy atom. The molecule has 0 spiro atoms. The van der Waals surface area contributed by atoms with Crippen molar-refractivity contribution in [2.45, 2.75) is 18.4 Å². The average molecular weight is 416 g/mol. The topological polar surface area (TPSA) is 39.7 Å². The lowest BCUT2D eigenvalue weighted by atomic mass is 9.77. The van der Waals surface area contributed by atoms with E-state index in [0.717, 1.165) is 16.5 Å². The predicted molar refractivity (Wildman–Crippen MR) is 107 cm³/mol. The van der Waals surface area contributed by atoms with E-state index in [-0.39, 0.29) is 6.04 Å². The maximum absolute atomic E-state index is 5.55. The summed E-state index contributed by atoms with van der Waals surface area (Å²) in [5, 5.41) is 3.74. The summed E-state index contributed by atoms with van der Waals surface area (Å²) in [4.78, 5) is 0. The zero-order chi connectivity index (χ0) is 18.3. The van der Waals surface area contributed by atoms with Gasteiger partial charge in [0.1, 0.15) is 0 Å². The van der Waals surface area contributed by atoms with Gasteiger partial charge in [-0.2, -0.15) is 0 Å². The molecule has 0 fully saturated rings. The third kappa shape index (κ3) is 2.75. The molecule has 4 nitrogen and oxygen atoms in total. The molecule has 136 valence electrons. The van der Waals surface area contributed by atoms with Crippen LogP contribution in [0.15, 0.2) is 47.0 Å². The van der Waals surface area contributed by atoms with Crippen LogP contribution in [0.3, 0.4) is 0 Å². The van der Waals surface area contributed by atoms with Crippen LogP contribution in [0.1, 0.15) is 29.5 Å². The van der Waals surface area contributed by atoms with E-state index in [0.29, 0.717) is 29.1 Å². The molecule has 0 saturated heterocycles. The van der Waals surface area contributed by atoms with Crippen LogP contribution in [0, 0.1) is 5.92 Å². The van der Waals surface area contributed by atoms with Gasteiger partial charge >= 0.3 is 0 Å². The minimum Gasteiger partial charge on any atom is -0.493 e. The Morgan fingerprint density at radius 1 is 1.00 bits per heavy atom. The van der Waals surface area contributed by atoms with E-state index in [4.69, 9.17) is 14.2 Å². The zero-order valence-electron chi connectivity index (χ0n) is 15.1. The van der Waals surface area contributed by atoms with Crippen molar-refractivity contribution in [2.75, 3.05) is 26.6 Å². The number of anilines is 1. The highest BCUT2D eigenvalue weighted by atomic mass is 79.9. The molecule has 0 aromatic heterocycles. The van der Waals surface area contributed by atoms with E-state index in [1.807, 2.05) is 0 Å². The zero-order valence-corrected chi connectivity index (χ0v) is 16.7. The van der Waals surface area contributed by atoms with Crippen molar-refractivity contribution in [1.82, 2.24) is 0 Å². The average Bonchev–Trinajstić information content (AvgIpc) is 3.16. The molecule has 2 aromatic carbocycles. The first-order valence-electron chi connectivity index (χ1n) is 8.68. The fourth-order valence-electron chi connectivity index (χ4n) is 4.18. The summed E-state index contributed by atoms with van der Waals surface area (Å²) in [7, 11) is 4.94. The van der Waals surface area contributed by atoms with Gasteiger partial charge in [0.2, 0.25) is 5.75 Å². The first kappa shape index (κ1) is 17.3. The lowest BCUT2D eigenvalue weighted by Gasteiger charge is -2.38. The van der Waals surface area contributed by atoms with Gasteiger partial charge in [0.25, 0.3) is 0 Å². The van der Waals surface area contributed by atoms with E-state index >= 15 is 0 Å². The molecule has 1 heterocycles. The van der Waals surface area contributed by atoms with Gasteiger partial charge in [-0.1, -0.05) is 28.1 Å². The number of hydrogen-bond acceptors (Lipinski definition) is 4. The molecular formula is C21H22BrNO3. The van der Waals surface area contributed by atoms with Crippen molar-refractivity contribution in [3.8, 4) is 17.2 Å². The highest BCUT2D eigenvalue weighted by Gasteiger charge is 2.38. The van der Waals surface area contributed by atoms with Gasteiger partial charge in [-0.25, -0.2) is 0 Å². The molecular weight excluding hydrogens is 394 g/mol. The molecule has 0 radical (unpaired) electrons. The van der Waals surface area contributed by atoms with Crippen LogP contribution in [0.2, 0.25) is 0 Å².